The van der Waals surface area contributed by atoms with E-state index in [0.29, 0.717) is 12.4 Å². The Bertz CT molecular complexity index is 1190. The molecule has 0 aliphatic carbocycles. The number of hydrogen-bond acceptors (Lipinski definition) is 4. The molecule has 0 amide bonds. The molecule has 1 aliphatic rings. The molecule has 0 saturated heterocycles. The van der Waals surface area contributed by atoms with Gasteiger partial charge in [-0.05, 0) is 36.7 Å². The Morgan fingerprint density at radius 1 is 1.07 bits per heavy atom. The summed E-state index contributed by atoms with van der Waals surface area (Å²) in [6.07, 6.45) is 2.71. The SMILES string of the molecule is O=c1cc(OCc2ccccc2)ccn1-c1ccc2c3c(oc2c1)CNCC3. The summed E-state index contributed by atoms with van der Waals surface area (Å²) in [5, 5.41) is 4.46. The Morgan fingerprint density at radius 2 is 1.96 bits per heavy atom. The summed E-state index contributed by atoms with van der Waals surface area (Å²) in [6.45, 7) is 2.16. The van der Waals surface area contributed by atoms with Gasteiger partial charge in [-0.15, -0.1) is 0 Å². The van der Waals surface area contributed by atoms with Crippen molar-refractivity contribution in [3.8, 4) is 11.4 Å². The molecule has 0 atom stereocenters. The summed E-state index contributed by atoms with van der Waals surface area (Å²) in [5.74, 6) is 1.56. The molecule has 0 saturated carbocycles. The summed E-state index contributed by atoms with van der Waals surface area (Å²) in [4.78, 5) is 12.6. The molecule has 1 aliphatic heterocycles. The van der Waals surface area contributed by atoms with Gasteiger partial charge in [0.1, 0.15) is 23.7 Å². The first-order valence-corrected chi connectivity index (χ1v) is 9.43. The lowest BCUT2D eigenvalue weighted by Gasteiger charge is -2.10. The monoisotopic (exact) mass is 372 g/mol. The van der Waals surface area contributed by atoms with Gasteiger partial charge >= 0.3 is 0 Å². The molecule has 5 rings (SSSR count). The van der Waals surface area contributed by atoms with Gasteiger partial charge in [-0.1, -0.05) is 30.3 Å². The summed E-state index contributed by atoms with van der Waals surface area (Å²) < 4.78 is 13.4. The molecule has 3 heterocycles. The third kappa shape index (κ3) is 3.10. The van der Waals surface area contributed by atoms with Crippen LogP contribution in [0.3, 0.4) is 0 Å². The molecule has 5 heteroatoms. The van der Waals surface area contributed by atoms with E-state index in [9.17, 15) is 4.79 Å². The van der Waals surface area contributed by atoms with Gasteiger partial charge in [-0.3, -0.25) is 9.36 Å². The minimum Gasteiger partial charge on any atom is -0.489 e. The maximum atomic E-state index is 12.6. The average Bonchev–Trinajstić information content (AvgIpc) is 3.11. The van der Waals surface area contributed by atoms with Gasteiger partial charge in [-0.2, -0.15) is 0 Å². The van der Waals surface area contributed by atoms with Gasteiger partial charge < -0.3 is 14.5 Å². The second-order valence-electron chi connectivity index (χ2n) is 6.96. The van der Waals surface area contributed by atoms with Crippen LogP contribution in [0.25, 0.3) is 16.7 Å². The Balaban J connectivity index is 1.42. The fourth-order valence-electron chi connectivity index (χ4n) is 3.68. The van der Waals surface area contributed by atoms with Gasteiger partial charge in [0.15, 0.2) is 0 Å². The predicted octanol–water partition coefficient (Wildman–Crippen LogP) is 3.81. The van der Waals surface area contributed by atoms with E-state index < -0.39 is 0 Å². The van der Waals surface area contributed by atoms with E-state index in [-0.39, 0.29) is 5.56 Å². The van der Waals surface area contributed by atoms with Gasteiger partial charge in [0, 0.05) is 29.3 Å². The number of nitrogens with one attached hydrogen (secondary N) is 1. The fourth-order valence-corrected chi connectivity index (χ4v) is 3.68. The van der Waals surface area contributed by atoms with Crippen LogP contribution in [0.4, 0.5) is 0 Å². The lowest BCUT2D eigenvalue weighted by atomic mass is 10.0. The van der Waals surface area contributed by atoms with Crippen molar-refractivity contribution in [3.63, 3.8) is 0 Å². The molecule has 0 unspecified atom stereocenters. The van der Waals surface area contributed by atoms with Crippen LogP contribution >= 0.6 is 0 Å². The van der Waals surface area contributed by atoms with Crippen molar-refractivity contribution in [2.45, 2.75) is 19.6 Å². The first-order valence-electron chi connectivity index (χ1n) is 9.43. The summed E-state index contributed by atoms with van der Waals surface area (Å²) in [7, 11) is 0. The van der Waals surface area contributed by atoms with Gasteiger partial charge in [-0.25, -0.2) is 0 Å². The second kappa shape index (κ2) is 7.02. The van der Waals surface area contributed by atoms with Crippen LogP contribution in [0.1, 0.15) is 16.9 Å². The molecule has 28 heavy (non-hydrogen) atoms. The molecular weight excluding hydrogens is 352 g/mol. The molecule has 0 spiro atoms. The highest BCUT2D eigenvalue weighted by Gasteiger charge is 2.17. The Labute approximate surface area is 162 Å². The first kappa shape index (κ1) is 16.8. The molecule has 0 radical (unpaired) electrons. The van der Waals surface area contributed by atoms with Gasteiger partial charge in [0.2, 0.25) is 0 Å². The van der Waals surface area contributed by atoms with Crippen LogP contribution in [0.5, 0.6) is 5.75 Å². The minimum atomic E-state index is -0.136. The zero-order chi connectivity index (χ0) is 18.9. The number of ether oxygens (including phenoxy) is 1. The predicted molar refractivity (Wildman–Crippen MR) is 108 cm³/mol. The molecule has 0 bridgehead atoms. The van der Waals surface area contributed by atoms with Crippen LogP contribution in [0.2, 0.25) is 0 Å². The third-order valence-corrected chi connectivity index (χ3v) is 5.11. The second-order valence-corrected chi connectivity index (χ2v) is 6.96. The maximum absolute atomic E-state index is 12.6. The average molecular weight is 372 g/mol. The Hall–Kier alpha value is -3.31. The Morgan fingerprint density at radius 3 is 2.82 bits per heavy atom. The zero-order valence-electron chi connectivity index (χ0n) is 15.4. The van der Waals surface area contributed by atoms with E-state index in [2.05, 4.69) is 5.32 Å². The number of aromatic nitrogens is 1. The molecule has 0 fully saturated rings. The standard InChI is InChI=1S/C23H20N2O3/c26-23-13-18(27-15-16-4-2-1-3-5-16)9-11-25(23)17-6-7-19-20-8-10-24-14-22(20)28-21(19)12-17/h1-7,9,11-13,24H,8,10,14-15H2. The number of pyridine rings is 1. The number of benzene rings is 2. The third-order valence-electron chi connectivity index (χ3n) is 5.11. The van der Waals surface area contributed by atoms with E-state index in [4.69, 9.17) is 9.15 Å². The van der Waals surface area contributed by atoms with Crippen LogP contribution in [0.15, 0.2) is 76.1 Å². The van der Waals surface area contributed by atoms with Crippen LogP contribution in [0, 0.1) is 0 Å². The van der Waals surface area contributed by atoms with Gasteiger partial charge in [0.05, 0.1) is 12.2 Å². The Kier molecular flexibility index (Phi) is 4.22. The molecule has 5 nitrogen and oxygen atoms in total. The lowest BCUT2D eigenvalue weighted by Crippen LogP contribution is -2.22. The maximum Gasteiger partial charge on any atom is 0.258 e. The van der Waals surface area contributed by atoms with Crippen molar-refractivity contribution in [1.82, 2.24) is 9.88 Å². The first-order chi connectivity index (χ1) is 13.8. The molecule has 140 valence electrons. The number of hydrogen-bond donors (Lipinski definition) is 1. The number of furan rings is 1. The van der Waals surface area contributed by atoms with E-state index in [0.717, 1.165) is 47.5 Å². The highest BCUT2D eigenvalue weighted by molar-refractivity contribution is 5.84. The lowest BCUT2D eigenvalue weighted by molar-refractivity contribution is 0.305. The van der Waals surface area contributed by atoms with Gasteiger partial charge in [0.25, 0.3) is 5.56 Å². The minimum absolute atomic E-state index is 0.136. The zero-order valence-corrected chi connectivity index (χ0v) is 15.4. The molecular formula is C23H20N2O3. The fraction of sp³-hybridized carbons (Fsp3) is 0.174. The summed E-state index contributed by atoms with van der Waals surface area (Å²) in [6, 6.07) is 19.2. The van der Waals surface area contributed by atoms with Crippen LogP contribution < -0.4 is 15.6 Å². The van der Waals surface area contributed by atoms with Crippen molar-refractivity contribution in [3.05, 3.63) is 94.1 Å². The molecule has 2 aromatic heterocycles. The van der Waals surface area contributed by atoms with Crippen LogP contribution in [-0.2, 0) is 19.6 Å². The summed E-state index contributed by atoms with van der Waals surface area (Å²) in [5.41, 5.74) is 3.81. The largest absolute Gasteiger partial charge is 0.489 e. The normalized spacial score (nSPS) is 13.4. The van der Waals surface area contributed by atoms with E-state index in [1.807, 2.05) is 54.6 Å². The number of nitrogens with zero attached hydrogens (tertiary/aromatic N) is 1. The number of fused-ring (bicyclic) bond motifs is 3. The smallest absolute Gasteiger partial charge is 0.258 e. The van der Waals surface area contributed by atoms with Crippen LogP contribution in [-0.4, -0.2) is 11.1 Å². The molecule has 4 aromatic rings. The highest BCUT2D eigenvalue weighted by Crippen LogP contribution is 2.29. The van der Waals surface area contributed by atoms with E-state index >= 15 is 0 Å². The topological polar surface area (TPSA) is 56.4 Å². The van der Waals surface area contributed by atoms with Crippen molar-refractivity contribution < 1.29 is 9.15 Å². The molecule has 2 aromatic carbocycles. The van der Waals surface area contributed by atoms with Crippen molar-refractivity contribution in [2.75, 3.05) is 6.54 Å². The van der Waals surface area contributed by atoms with Crippen molar-refractivity contribution in [2.24, 2.45) is 0 Å². The molecule has 1 N–H and O–H groups in total. The highest BCUT2D eigenvalue weighted by atomic mass is 16.5. The van der Waals surface area contributed by atoms with Crippen molar-refractivity contribution >= 4 is 11.0 Å². The number of rotatable bonds is 4. The van der Waals surface area contributed by atoms with E-state index in [1.54, 1.807) is 10.8 Å². The quantitative estimate of drug-likeness (QED) is 0.592. The van der Waals surface area contributed by atoms with E-state index in [1.165, 1.54) is 11.6 Å². The van der Waals surface area contributed by atoms with Crippen molar-refractivity contribution in [1.29, 1.82) is 0 Å². The summed E-state index contributed by atoms with van der Waals surface area (Å²) >= 11 is 0.